The summed E-state index contributed by atoms with van der Waals surface area (Å²) in [5.41, 5.74) is 14.3. The fourth-order valence-corrected chi connectivity index (χ4v) is 9.14. The zero-order chi connectivity index (χ0) is 36.3. The number of benzene rings is 9. The first-order chi connectivity index (χ1) is 27.3. The van der Waals surface area contributed by atoms with Gasteiger partial charge in [0.05, 0.1) is 11.1 Å². The third kappa shape index (κ3) is 4.75. The smallest absolute Gasteiger partial charge is 0.159 e. The second-order valence-electron chi connectivity index (χ2n) is 14.4. The van der Waals surface area contributed by atoms with Crippen LogP contribution in [0.1, 0.15) is 22.3 Å². The molecule has 0 radical (unpaired) electrons. The van der Waals surface area contributed by atoms with Crippen molar-refractivity contribution in [3.63, 3.8) is 0 Å². The van der Waals surface area contributed by atoms with Gasteiger partial charge in [-0.2, -0.15) is 0 Å². The number of hydrogen-bond donors (Lipinski definition) is 0. The molecule has 0 unspecified atom stereocenters. The maximum Gasteiger partial charge on any atom is 0.159 e. The molecular weight excluding hydrogens is 667 g/mol. The summed E-state index contributed by atoms with van der Waals surface area (Å²) in [4.78, 5) is 2.33. The van der Waals surface area contributed by atoms with Crippen molar-refractivity contribution in [2.45, 2.75) is 5.41 Å². The molecule has 2 nitrogen and oxygen atoms in total. The SMILES string of the molecule is c1ccc(-c2cccc3c2oc2c(N(c4ccccc4)c4ccc(C5(c6ccc7ccccc7c6)c6ccccc6-c6ccccc65)cc4)cccc23)cc1. The molecule has 9 aromatic carbocycles. The molecule has 1 aliphatic rings. The first kappa shape index (κ1) is 31.4. The summed E-state index contributed by atoms with van der Waals surface area (Å²) >= 11 is 0. The summed E-state index contributed by atoms with van der Waals surface area (Å²) in [5, 5.41) is 4.68. The third-order valence-corrected chi connectivity index (χ3v) is 11.5. The average molecular weight is 702 g/mol. The Morgan fingerprint density at radius 3 is 1.64 bits per heavy atom. The molecule has 0 spiro atoms. The van der Waals surface area contributed by atoms with Crippen molar-refractivity contribution in [1.29, 1.82) is 0 Å². The Bertz CT molecular complexity index is 2990. The van der Waals surface area contributed by atoms with Crippen LogP contribution in [0.3, 0.4) is 0 Å². The lowest BCUT2D eigenvalue weighted by atomic mass is 9.67. The average Bonchev–Trinajstić information content (AvgIpc) is 3.79. The number of para-hydroxylation sites is 3. The predicted octanol–water partition coefficient (Wildman–Crippen LogP) is 14.2. The number of fused-ring (bicyclic) bond motifs is 7. The van der Waals surface area contributed by atoms with Crippen molar-refractivity contribution in [1.82, 2.24) is 0 Å². The van der Waals surface area contributed by atoms with Crippen molar-refractivity contribution < 1.29 is 4.42 Å². The molecular formula is C53H35NO. The van der Waals surface area contributed by atoms with E-state index in [9.17, 15) is 0 Å². The molecule has 11 rings (SSSR count). The molecule has 0 amide bonds. The van der Waals surface area contributed by atoms with Gasteiger partial charge >= 0.3 is 0 Å². The molecule has 1 heterocycles. The maximum atomic E-state index is 6.94. The van der Waals surface area contributed by atoms with E-state index in [-0.39, 0.29) is 0 Å². The summed E-state index contributed by atoms with van der Waals surface area (Å²) in [6.45, 7) is 0. The van der Waals surface area contributed by atoms with Gasteiger partial charge in [-0.1, -0.05) is 176 Å². The Morgan fingerprint density at radius 1 is 0.364 bits per heavy atom. The van der Waals surface area contributed by atoms with Crippen LogP contribution in [-0.4, -0.2) is 0 Å². The van der Waals surface area contributed by atoms with E-state index in [4.69, 9.17) is 4.42 Å². The molecule has 55 heavy (non-hydrogen) atoms. The molecule has 0 N–H and O–H groups in total. The summed E-state index contributed by atoms with van der Waals surface area (Å²) in [6.07, 6.45) is 0. The molecule has 0 bridgehead atoms. The molecule has 0 fully saturated rings. The van der Waals surface area contributed by atoms with Gasteiger partial charge in [0.25, 0.3) is 0 Å². The Kier molecular flexibility index (Phi) is 7.11. The van der Waals surface area contributed by atoms with E-state index in [0.29, 0.717) is 0 Å². The van der Waals surface area contributed by atoms with Crippen LogP contribution in [0.2, 0.25) is 0 Å². The molecule has 2 heteroatoms. The molecule has 0 saturated carbocycles. The van der Waals surface area contributed by atoms with Crippen LogP contribution in [0.5, 0.6) is 0 Å². The second kappa shape index (κ2) is 12.5. The Morgan fingerprint density at radius 2 is 0.909 bits per heavy atom. The van der Waals surface area contributed by atoms with Crippen molar-refractivity contribution in [3.05, 3.63) is 235 Å². The number of hydrogen-bond acceptors (Lipinski definition) is 2. The molecule has 0 aliphatic heterocycles. The maximum absolute atomic E-state index is 6.94. The highest BCUT2D eigenvalue weighted by atomic mass is 16.3. The quantitative estimate of drug-likeness (QED) is 0.172. The second-order valence-corrected chi connectivity index (χ2v) is 14.4. The summed E-state index contributed by atoms with van der Waals surface area (Å²) in [5.74, 6) is 0. The molecule has 0 atom stereocenters. The number of anilines is 3. The zero-order valence-electron chi connectivity index (χ0n) is 30.1. The number of nitrogens with zero attached hydrogens (tertiary/aromatic N) is 1. The van der Waals surface area contributed by atoms with Gasteiger partial charge in [0, 0.05) is 27.7 Å². The van der Waals surface area contributed by atoms with Gasteiger partial charge in [-0.3, -0.25) is 0 Å². The standard InChI is InChI=1S/C53H35NO/c1-3-16-37(17-4-1)43-23-13-24-46-47-25-14-28-50(52(47)55-51(43)46)54(41-19-5-2-6-20-41)42-33-31-39(32-34-42)53(40-30-29-36-15-7-8-18-38(36)35-40)48-26-11-9-21-44(48)45-22-10-12-27-49(45)53/h1-35H. The topological polar surface area (TPSA) is 16.4 Å². The van der Waals surface area contributed by atoms with Gasteiger partial charge in [-0.15, -0.1) is 0 Å². The van der Waals surface area contributed by atoms with Crippen LogP contribution in [0.15, 0.2) is 217 Å². The van der Waals surface area contributed by atoms with Crippen molar-refractivity contribution in [3.8, 4) is 22.3 Å². The third-order valence-electron chi connectivity index (χ3n) is 11.5. The van der Waals surface area contributed by atoms with E-state index >= 15 is 0 Å². The fourth-order valence-electron chi connectivity index (χ4n) is 9.14. The van der Waals surface area contributed by atoms with Crippen LogP contribution < -0.4 is 4.90 Å². The van der Waals surface area contributed by atoms with E-state index in [1.807, 2.05) is 0 Å². The minimum Gasteiger partial charge on any atom is -0.453 e. The van der Waals surface area contributed by atoms with Gasteiger partial charge in [0.15, 0.2) is 5.58 Å². The van der Waals surface area contributed by atoms with Gasteiger partial charge in [0.2, 0.25) is 0 Å². The lowest BCUT2D eigenvalue weighted by molar-refractivity contribution is 0.670. The minimum atomic E-state index is -0.500. The van der Waals surface area contributed by atoms with Gasteiger partial charge in [0.1, 0.15) is 5.58 Å². The van der Waals surface area contributed by atoms with Gasteiger partial charge < -0.3 is 9.32 Å². The van der Waals surface area contributed by atoms with E-state index in [1.54, 1.807) is 0 Å². The van der Waals surface area contributed by atoms with Gasteiger partial charge in [-0.25, -0.2) is 0 Å². The molecule has 1 aromatic heterocycles. The van der Waals surface area contributed by atoms with Crippen molar-refractivity contribution >= 4 is 49.8 Å². The normalized spacial score (nSPS) is 12.9. The Labute approximate surface area is 320 Å². The van der Waals surface area contributed by atoms with Crippen LogP contribution in [0.4, 0.5) is 17.1 Å². The van der Waals surface area contributed by atoms with Crippen molar-refractivity contribution in [2.24, 2.45) is 0 Å². The highest BCUT2D eigenvalue weighted by Crippen LogP contribution is 2.56. The summed E-state index contributed by atoms with van der Waals surface area (Å²) in [6, 6.07) is 76.9. The van der Waals surface area contributed by atoms with Crippen LogP contribution >= 0.6 is 0 Å². The number of furan rings is 1. The molecule has 258 valence electrons. The Hall–Kier alpha value is -7.16. The first-order valence-electron chi connectivity index (χ1n) is 18.9. The molecule has 0 saturated heterocycles. The van der Waals surface area contributed by atoms with Gasteiger partial charge in [-0.05, 0) is 86.1 Å². The van der Waals surface area contributed by atoms with E-state index in [1.165, 1.54) is 44.2 Å². The molecule has 1 aliphatic carbocycles. The zero-order valence-corrected chi connectivity index (χ0v) is 30.1. The highest BCUT2D eigenvalue weighted by Gasteiger charge is 2.46. The first-order valence-corrected chi connectivity index (χ1v) is 18.9. The predicted molar refractivity (Wildman–Crippen MR) is 229 cm³/mol. The van der Waals surface area contributed by atoms with E-state index in [2.05, 4.69) is 217 Å². The van der Waals surface area contributed by atoms with E-state index in [0.717, 1.165) is 50.1 Å². The molecule has 10 aromatic rings. The van der Waals surface area contributed by atoms with Crippen LogP contribution in [-0.2, 0) is 5.41 Å². The highest BCUT2D eigenvalue weighted by molar-refractivity contribution is 6.13. The van der Waals surface area contributed by atoms with Crippen molar-refractivity contribution in [2.75, 3.05) is 4.90 Å². The summed E-state index contributed by atoms with van der Waals surface area (Å²) in [7, 11) is 0. The Balaban J connectivity index is 1.12. The van der Waals surface area contributed by atoms with Crippen LogP contribution in [0, 0.1) is 0 Å². The monoisotopic (exact) mass is 701 g/mol. The fraction of sp³-hybridized carbons (Fsp3) is 0.0189. The number of rotatable bonds is 6. The van der Waals surface area contributed by atoms with E-state index < -0.39 is 5.41 Å². The minimum absolute atomic E-state index is 0.500. The summed E-state index contributed by atoms with van der Waals surface area (Å²) < 4.78 is 6.94. The largest absolute Gasteiger partial charge is 0.453 e. The lowest BCUT2D eigenvalue weighted by Crippen LogP contribution is -2.28. The van der Waals surface area contributed by atoms with Crippen LogP contribution in [0.25, 0.3) is 55.0 Å². The lowest BCUT2D eigenvalue weighted by Gasteiger charge is -2.34.